The van der Waals surface area contributed by atoms with E-state index in [-0.39, 0.29) is 0 Å². The number of hydrogen-bond acceptors (Lipinski definition) is 3. The zero-order chi connectivity index (χ0) is 13.7. The zero-order valence-corrected chi connectivity index (χ0v) is 12.2. The monoisotopic (exact) mass is 263 g/mol. The van der Waals surface area contributed by atoms with Crippen LogP contribution in [0.4, 0.5) is 0 Å². The Balaban J connectivity index is 2.18. The van der Waals surface area contributed by atoms with Crippen LogP contribution >= 0.6 is 0 Å². The molecule has 0 bridgehead atoms. The highest BCUT2D eigenvalue weighted by Gasteiger charge is 2.23. The molecule has 0 saturated carbocycles. The first-order valence-electron chi connectivity index (χ1n) is 7.20. The van der Waals surface area contributed by atoms with Gasteiger partial charge in [0.25, 0.3) is 0 Å². The minimum Gasteiger partial charge on any atom is -0.496 e. The molecule has 2 atom stereocenters. The maximum Gasteiger partial charge on any atom is 0.123 e. The Morgan fingerprint density at radius 1 is 1.47 bits per heavy atom. The van der Waals surface area contributed by atoms with Crippen LogP contribution in [0.5, 0.6) is 5.75 Å². The summed E-state index contributed by atoms with van der Waals surface area (Å²) in [4.78, 5) is 0. The molecule has 0 radical (unpaired) electrons. The minimum atomic E-state index is 0.353. The van der Waals surface area contributed by atoms with E-state index in [1.54, 1.807) is 7.11 Å². The van der Waals surface area contributed by atoms with Gasteiger partial charge < -0.3 is 14.8 Å². The largest absolute Gasteiger partial charge is 0.496 e. The Morgan fingerprint density at radius 3 is 2.95 bits per heavy atom. The number of ether oxygens (including phenoxy) is 2. The van der Waals surface area contributed by atoms with Gasteiger partial charge >= 0.3 is 0 Å². The summed E-state index contributed by atoms with van der Waals surface area (Å²) in [7, 11) is 1.75. The molecule has 1 heterocycles. The highest BCUT2D eigenvalue weighted by atomic mass is 16.5. The second-order valence-corrected chi connectivity index (χ2v) is 5.32. The summed E-state index contributed by atoms with van der Waals surface area (Å²) in [6, 6.07) is 6.76. The molecule has 1 aliphatic rings. The van der Waals surface area contributed by atoms with Gasteiger partial charge in [0.15, 0.2) is 0 Å². The van der Waals surface area contributed by atoms with E-state index in [9.17, 15) is 0 Å². The highest BCUT2D eigenvalue weighted by molar-refractivity contribution is 5.39. The molecular weight excluding hydrogens is 238 g/mol. The Kier molecular flexibility index (Phi) is 5.23. The number of benzene rings is 1. The van der Waals surface area contributed by atoms with Crippen molar-refractivity contribution in [2.24, 2.45) is 5.92 Å². The fraction of sp³-hybridized carbons (Fsp3) is 0.625. The first-order valence-corrected chi connectivity index (χ1v) is 7.20. The Morgan fingerprint density at radius 2 is 2.32 bits per heavy atom. The Bertz CT molecular complexity index is 400. The zero-order valence-electron chi connectivity index (χ0n) is 12.2. The topological polar surface area (TPSA) is 30.5 Å². The molecule has 19 heavy (non-hydrogen) atoms. The van der Waals surface area contributed by atoms with E-state index in [0.29, 0.717) is 12.0 Å². The number of hydrogen-bond donors (Lipinski definition) is 1. The average Bonchev–Trinajstić information content (AvgIpc) is 2.91. The summed E-state index contributed by atoms with van der Waals surface area (Å²) in [5.41, 5.74) is 2.55. The van der Waals surface area contributed by atoms with Gasteiger partial charge in [-0.15, -0.1) is 0 Å². The number of aryl methyl sites for hydroxylation is 1. The van der Waals surface area contributed by atoms with E-state index < -0.39 is 0 Å². The molecule has 0 aliphatic carbocycles. The molecule has 1 aromatic rings. The van der Waals surface area contributed by atoms with E-state index in [4.69, 9.17) is 9.47 Å². The Hall–Kier alpha value is -1.06. The number of methoxy groups -OCH3 is 1. The molecule has 1 aliphatic heterocycles. The Labute approximate surface area is 116 Å². The second kappa shape index (κ2) is 6.92. The van der Waals surface area contributed by atoms with Gasteiger partial charge in [-0.1, -0.05) is 24.6 Å². The van der Waals surface area contributed by atoms with Gasteiger partial charge in [-0.05, 0) is 38.3 Å². The first-order chi connectivity index (χ1) is 9.24. The van der Waals surface area contributed by atoms with Crippen molar-refractivity contribution in [3.63, 3.8) is 0 Å². The van der Waals surface area contributed by atoms with Crippen molar-refractivity contribution < 1.29 is 9.47 Å². The van der Waals surface area contributed by atoms with Crippen LogP contribution in [0.15, 0.2) is 18.2 Å². The van der Waals surface area contributed by atoms with E-state index in [2.05, 4.69) is 37.4 Å². The van der Waals surface area contributed by atoms with Gasteiger partial charge in [0.1, 0.15) is 5.75 Å². The minimum absolute atomic E-state index is 0.353. The van der Waals surface area contributed by atoms with Crippen molar-refractivity contribution in [1.29, 1.82) is 0 Å². The molecule has 3 nitrogen and oxygen atoms in total. The van der Waals surface area contributed by atoms with E-state index in [1.165, 1.54) is 17.5 Å². The molecule has 106 valence electrons. The van der Waals surface area contributed by atoms with Crippen LogP contribution in [0.1, 0.15) is 36.9 Å². The predicted octanol–water partition coefficient (Wildman–Crippen LogP) is 3.08. The molecule has 0 amide bonds. The molecule has 2 unspecified atom stereocenters. The van der Waals surface area contributed by atoms with Crippen molar-refractivity contribution in [2.75, 3.05) is 26.9 Å². The lowest BCUT2D eigenvalue weighted by molar-refractivity contribution is 0.181. The summed E-state index contributed by atoms with van der Waals surface area (Å²) in [6.45, 7) is 7.06. The quantitative estimate of drug-likeness (QED) is 0.855. The molecule has 1 saturated heterocycles. The average molecular weight is 263 g/mol. The van der Waals surface area contributed by atoms with Gasteiger partial charge in [0, 0.05) is 24.8 Å². The molecule has 3 heteroatoms. The lowest BCUT2D eigenvalue weighted by Gasteiger charge is -2.23. The maximum absolute atomic E-state index is 5.52. The smallest absolute Gasteiger partial charge is 0.123 e. The maximum atomic E-state index is 5.52. The second-order valence-electron chi connectivity index (χ2n) is 5.32. The van der Waals surface area contributed by atoms with Crippen LogP contribution in [-0.2, 0) is 4.74 Å². The van der Waals surface area contributed by atoms with Crippen molar-refractivity contribution in [1.82, 2.24) is 5.32 Å². The SMILES string of the molecule is CCNC(CC1CCOC1)c1cc(C)ccc1OC. The van der Waals surface area contributed by atoms with Crippen molar-refractivity contribution in [3.8, 4) is 5.75 Å². The van der Waals surface area contributed by atoms with Crippen LogP contribution in [0, 0.1) is 12.8 Å². The van der Waals surface area contributed by atoms with Crippen LogP contribution in [-0.4, -0.2) is 26.9 Å². The highest BCUT2D eigenvalue weighted by Crippen LogP contribution is 2.32. The number of rotatable bonds is 6. The van der Waals surface area contributed by atoms with Crippen LogP contribution < -0.4 is 10.1 Å². The van der Waals surface area contributed by atoms with Crippen LogP contribution in [0.3, 0.4) is 0 Å². The van der Waals surface area contributed by atoms with E-state index >= 15 is 0 Å². The van der Waals surface area contributed by atoms with Crippen LogP contribution in [0.25, 0.3) is 0 Å². The van der Waals surface area contributed by atoms with Gasteiger partial charge in [-0.3, -0.25) is 0 Å². The van der Waals surface area contributed by atoms with Crippen LogP contribution in [0.2, 0.25) is 0 Å². The summed E-state index contributed by atoms with van der Waals surface area (Å²) >= 11 is 0. The lowest BCUT2D eigenvalue weighted by atomic mass is 9.92. The van der Waals surface area contributed by atoms with Gasteiger partial charge in [-0.25, -0.2) is 0 Å². The summed E-state index contributed by atoms with van der Waals surface area (Å²) in [5, 5.41) is 3.59. The molecule has 0 spiro atoms. The third kappa shape index (κ3) is 3.71. The summed E-state index contributed by atoms with van der Waals surface area (Å²) < 4.78 is 11.0. The van der Waals surface area contributed by atoms with Gasteiger partial charge in [0.2, 0.25) is 0 Å². The van der Waals surface area contributed by atoms with E-state index in [1.807, 2.05) is 0 Å². The molecular formula is C16H25NO2. The standard InChI is InChI=1S/C16H25NO2/c1-4-17-15(10-13-7-8-19-11-13)14-9-12(2)5-6-16(14)18-3/h5-6,9,13,15,17H,4,7-8,10-11H2,1-3H3. The van der Waals surface area contributed by atoms with Gasteiger partial charge in [-0.2, -0.15) is 0 Å². The molecule has 1 N–H and O–H groups in total. The lowest BCUT2D eigenvalue weighted by Crippen LogP contribution is -2.24. The molecule has 1 fully saturated rings. The molecule has 0 aromatic heterocycles. The van der Waals surface area contributed by atoms with Crippen molar-refractivity contribution >= 4 is 0 Å². The van der Waals surface area contributed by atoms with Gasteiger partial charge in [0.05, 0.1) is 7.11 Å². The van der Waals surface area contributed by atoms with Crippen molar-refractivity contribution in [3.05, 3.63) is 29.3 Å². The predicted molar refractivity (Wildman–Crippen MR) is 77.7 cm³/mol. The third-order valence-corrected chi connectivity index (χ3v) is 3.80. The fourth-order valence-corrected chi connectivity index (χ4v) is 2.80. The summed E-state index contributed by atoms with van der Waals surface area (Å²) in [6.07, 6.45) is 2.30. The van der Waals surface area contributed by atoms with Crippen molar-refractivity contribution in [2.45, 2.75) is 32.7 Å². The summed E-state index contributed by atoms with van der Waals surface area (Å²) in [5.74, 6) is 1.64. The normalized spacial score (nSPS) is 20.5. The number of nitrogens with one attached hydrogen (secondary N) is 1. The fourth-order valence-electron chi connectivity index (χ4n) is 2.80. The molecule has 1 aromatic carbocycles. The van der Waals surface area contributed by atoms with E-state index in [0.717, 1.165) is 31.9 Å². The molecule has 2 rings (SSSR count). The first kappa shape index (κ1) is 14.4. The third-order valence-electron chi connectivity index (χ3n) is 3.80.